The van der Waals surface area contributed by atoms with Crippen LogP contribution in [0, 0.1) is 0 Å². The topological polar surface area (TPSA) is 57.5 Å². The maximum atomic E-state index is 13.8. The Bertz CT molecular complexity index is 774. The van der Waals surface area contributed by atoms with E-state index in [1.165, 1.54) is 17.7 Å². The average Bonchev–Trinajstić information content (AvgIpc) is 2.54. The van der Waals surface area contributed by atoms with E-state index in [9.17, 15) is 13.3 Å². The van der Waals surface area contributed by atoms with Crippen LogP contribution in [0.5, 0.6) is 0 Å². The molecule has 2 rings (SSSR count). The average molecular weight is 499 g/mol. The van der Waals surface area contributed by atoms with Crippen LogP contribution in [-0.4, -0.2) is 15.5 Å². The molecule has 0 saturated heterocycles. The Hall–Kier alpha value is 1.28. The zero-order chi connectivity index (χ0) is 18.5. The number of rotatable bonds is 8. The Morgan fingerprint density at radius 1 is 1.07 bits per heavy atom. The summed E-state index contributed by atoms with van der Waals surface area (Å²) in [7, 11) is -5.56. The molecule has 0 aliphatic heterocycles. The predicted molar refractivity (Wildman–Crippen MR) is 103 cm³/mol. The summed E-state index contributed by atoms with van der Waals surface area (Å²) in [6.07, 6.45) is 2.01. The Labute approximate surface area is 217 Å². The molecule has 0 radical (unpaired) electrons. The molecule has 140 valence electrons. The van der Waals surface area contributed by atoms with Crippen molar-refractivity contribution in [1.29, 1.82) is 0 Å². The number of hydrogen-bond acceptors (Lipinski definition) is 2. The number of aryl methyl sites for hydroxylation is 1. The van der Waals surface area contributed by atoms with Gasteiger partial charge in [0.1, 0.15) is 0 Å². The number of benzene rings is 2. The van der Waals surface area contributed by atoms with Crippen molar-refractivity contribution in [3.63, 3.8) is 0 Å². The van der Waals surface area contributed by atoms with E-state index >= 15 is 0 Å². The minimum atomic E-state index is -5.56. The molecule has 0 fully saturated rings. The Morgan fingerprint density at radius 2 is 1.70 bits per heavy atom. The third-order valence-corrected chi connectivity index (χ3v) is 6.33. The zero-order valence-electron chi connectivity index (χ0n) is 17.2. The SMILES string of the molecule is O=P(O)(O)C(F)(F)c1ccc(CSCCCc2ccccc2)cc1Br.[H-].[H-].[Na+].[Na+]. The Morgan fingerprint density at radius 3 is 2.26 bits per heavy atom. The van der Waals surface area contributed by atoms with Crippen molar-refractivity contribution in [2.24, 2.45) is 0 Å². The summed E-state index contributed by atoms with van der Waals surface area (Å²) in [4.78, 5) is 17.6. The minimum Gasteiger partial charge on any atom is -1.00 e. The molecule has 2 aromatic rings. The molecule has 0 spiro atoms. The smallest absolute Gasteiger partial charge is 1.00 e. The van der Waals surface area contributed by atoms with Crippen molar-refractivity contribution < 1.29 is 85.1 Å². The summed E-state index contributed by atoms with van der Waals surface area (Å²) in [5.74, 6) is 1.59. The molecule has 10 heteroatoms. The molecular weight excluding hydrogens is 479 g/mol. The first-order valence-corrected chi connectivity index (χ1v) is 11.1. The molecule has 0 heterocycles. The molecule has 27 heavy (non-hydrogen) atoms. The van der Waals surface area contributed by atoms with Gasteiger partial charge in [0.2, 0.25) is 0 Å². The van der Waals surface area contributed by atoms with Crippen LogP contribution in [0.25, 0.3) is 0 Å². The molecule has 0 aliphatic carbocycles. The van der Waals surface area contributed by atoms with Crippen molar-refractivity contribution >= 4 is 35.3 Å². The van der Waals surface area contributed by atoms with Crippen molar-refractivity contribution in [3.05, 3.63) is 69.7 Å². The summed E-state index contributed by atoms with van der Waals surface area (Å²) in [5.41, 5.74) is -2.79. The molecule has 0 bridgehead atoms. The number of halogens is 3. The fourth-order valence-electron chi connectivity index (χ4n) is 2.26. The third-order valence-electron chi connectivity index (χ3n) is 3.59. The van der Waals surface area contributed by atoms with Gasteiger partial charge in [-0.05, 0) is 35.8 Å². The van der Waals surface area contributed by atoms with Crippen LogP contribution in [-0.2, 0) is 22.4 Å². The second-order valence-corrected chi connectivity index (χ2v) is 9.15. The molecule has 0 aliphatic rings. The largest absolute Gasteiger partial charge is 1.00 e. The van der Waals surface area contributed by atoms with Gasteiger partial charge in [-0.1, -0.05) is 58.4 Å². The van der Waals surface area contributed by atoms with E-state index in [4.69, 9.17) is 9.79 Å². The van der Waals surface area contributed by atoms with E-state index in [1.54, 1.807) is 11.8 Å². The summed E-state index contributed by atoms with van der Waals surface area (Å²) in [6.45, 7) is 0. The third kappa shape index (κ3) is 8.50. The van der Waals surface area contributed by atoms with Crippen LogP contribution in [0.1, 0.15) is 26.0 Å². The number of thioether (sulfide) groups is 1. The van der Waals surface area contributed by atoms with Crippen molar-refractivity contribution in [1.82, 2.24) is 0 Å². The summed E-state index contributed by atoms with van der Waals surface area (Å²) in [6, 6.07) is 14.2. The van der Waals surface area contributed by atoms with E-state index in [0.717, 1.165) is 30.2 Å². The van der Waals surface area contributed by atoms with Crippen molar-refractivity contribution in [2.75, 3.05) is 5.75 Å². The summed E-state index contributed by atoms with van der Waals surface area (Å²) < 4.78 is 38.5. The molecule has 3 nitrogen and oxygen atoms in total. The fraction of sp³-hybridized carbons (Fsp3) is 0.294. The van der Waals surface area contributed by atoms with Crippen molar-refractivity contribution in [3.8, 4) is 0 Å². The van der Waals surface area contributed by atoms with Gasteiger partial charge in [0.05, 0.1) is 0 Å². The maximum Gasteiger partial charge on any atom is 1.00 e. The number of alkyl halides is 2. The van der Waals surface area contributed by atoms with Gasteiger partial charge in [0, 0.05) is 15.8 Å². The van der Waals surface area contributed by atoms with Gasteiger partial charge < -0.3 is 12.6 Å². The quantitative estimate of drug-likeness (QED) is 0.300. The first-order chi connectivity index (χ1) is 11.7. The molecule has 0 unspecified atom stereocenters. The van der Waals surface area contributed by atoms with Crippen LogP contribution >= 0.6 is 35.3 Å². The van der Waals surface area contributed by atoms with Gasteiger partial charge in [-0.25, -0.2) is 0 Å². The minimum absolute atomic E-state index is 0. The fourth-order valence-corrected chi connectivity index (χ4v) is 4.51. The summed E-state index contributed by atoms with van der Waals surface area (Å²) >= 11 is 4.69. The Kier molecular flexibility index (Phi) is 13.5. The van der Waals surface area contributed by atoms with Gasteiger partial charge in [-0.3, -0.25) is 4.57 Å². The second kappa shape index (κ2) is 12.9. The molecular formula is C17H20BrF2Na2O3PS. The molecule has 0 aromatic heterocycles. The van der Waals surface area contributed by atoms with E-state index in [1.807, 2.05) is 18.2 Å². The van der Waals surface area contributed by atoms with Crippen LogP contribution < -0.4 is 59.1 Å². The van der Waals surface area contributed by atoms with Crippen molar-refractivity contribution in [2.45, 2.75) is 24.3 Å². The van der Waals surface area contributed by atoms with Crippen LogP contribution in [0.2, 0.25) is 0 Å². The van der Waals surface area contributed by atoms with Crippen LogP contribution in [0.4, 0.5) is 8.78 Å². The zero-order valence-corrected chi connectivity index (χ0v) is 22.5. The van der Waals surface area contributed by atoms with Gasteiger partial charge in [0.25, 0.3) is 0 Å². The Balaban J connectivity index is -0.00000169. The van der Waals surface area contributed by atoms with E-state index in [0.29, 0.717) is 5.75 Å². The maximum absolute atomic E-state index is 13.8. The standard InChI is InChI=1S/C17H18BrF2O3PS.2Na.2H/c18-16-11-14(8-9-15(16)17(19,20)24(21,22)23)12-25-10-4-7-13-5-2-1-3-6-13;;;;/h1-3,5-6,8-9,11H,4,7,10,12H2,(H2,21,22,23);;;;/q;2*+1;2*-1. The van der Waals surface area contributed by atoms with Gasteiger partial charge >= 0.3 is 72.4 Å². The van der Waals surface area contributed by atoms with Gasteiger partial charge in [-0.15, -0.1) is 0 Å². The molecule has 2 N–H and O–H groups in total. The molecule has 0 saturated carbocycles. The predicted octanol–water partition coefficient (Wildman–Crippen LogP) is -0.225. The first-order valence-electron chi connectivity index (χ1n) is 7.56. The van der Waals surface area contributed by atoms with E-state index in [2.05, 4.69) is 28.1 Å². The first kappa shape index (κ1) is 28.3. The normalized spacial score (nSPS) is 11.4. The molecule has 0 amide bonds. The van der Waals surface area contributed by atoms with E-state index in [-0.39, 0.29) is 66.4 Å². The second-order valence-electron chi connectivity index (χ2n) is 5.54. The monoisotopic (exact) mass is 498 g/mol. The molecule has 0 atom stereocenters. The van der Waals surface area contributed by atoms with Crippen LogP contribution in [0.15, 0.2) is 53.0 Å². The van der Waals surface area contributed by atoms with Gasteiger partial charge in [0.15, 0.2) is 0 Å². The number of hydrogen-bond donors (Lipinski definition) is 2. The van der Waals surface area contributed by atoms with Gasteiger partial charge in [-0.2, -0.15) is 20.5 Å². The van der Waals surface area contributed by atoms with Crippen LogP contribution in [0.3, 0.4) is 0 Å². The summed E-state index contributed by atoms with van der Waals surface area (Å²) in [5, 5.41) is 0. The van der Waals surface area contributed by atoms with E-state index < -0.39 is 18.8 Å². The molecule has 2 aromatic carbocycles.